The summed E-state index contributed by atoms with van der Waals surface area (Å²) in [7, 11) is 0. The molecule has 25 heavy (non-hydrogen) atoms. The number of nitrogens with zero attached hydrogens (tertiary/aromatic N) is 6. The standard InChI is InChI=1S/C17H25N7O/c1-14-12-22(15-4-7-19-8-5-15)10-11-24(14)17(25)16-13-23(21-20-16)9-3-2-6-18/h4-5,7-8,13-14H,2-3,6,9-12,18H2,1H3. The number of amides is 1. The topological polar surface area (TPSA) is 93.2 Å². The molecule has 0 aliphatic carbocycles. The maximum atomic E-state index is 12.8. The van der Waals surface area contributed by atoms with Gasteiger partial charge < -0.3 is 15.5 Å². The molecule has 2 aromatic heterocycles. The highest BCUT2D eigenvalue weighted by Crippen LogP contribution is 2.19. The van der Waals surface area contributed by atoms with Crippen LogP contribution in [0.15, 0.2) is 30.7 Å². The molecule has 1 atom stereocenters. The molecule has 0 aromatic carbocycles. The van der Waals surface area contributed by atoms with Crippen molar-refractivity contribution in [3.8, 4) is 0 Å². The first-order valence-electron chi connectivity index (χ1n) is 8.75. The van der Waals surface area contributed by atoms with E-state index in [-0.39, 0.29) is 11.9 Å². The van der Waals surface area contributed by atoms with Gasteiger partial charge in [-0.1, -0.05) is 5.21 Å². The fourth-order valence-corrected chi connectivity index (χ4v) is 3.12. The van der Waals surface area contributed by atoms with Crippen molar-refractivity contribution >= 4 is 11.6 Å². The van der Waals surface area contributed by atoms with Gasteiger partial charge in [-0.15, -0.1) is 5.10 Å². The Morgan fingerprint density at radius 3 is 2.80 bits per heavy atom. The molecule has 0 saturated carbocycles. The van der Waals surface area contributed by atoms with E-state index < -0.39 is 0 Å². The van der Waals surface area contributed by atoms with Gasteiger partial charge in [0.15, 0.2) is 5.69 Å². The predicted molar refractivity (Wildman–Crippen MR) is 95.3 cm³/mol. The van der Waals surface area contributed by atoms with Crippen LogP contribution in [0.25, 0.3) is 0 Å². The van der Waals surface area contributed by atoms with Crippen LogP contribution in [0.2, 0.25) is 0 Å². The number of rotatable bonds is 6. The molecule has 1 amide bonds. The number of carbonyl (C=O) groups is 1. The third kappa shape index (κ3) is 4.14. The van der Waals surface area contributed by atoms with Gasteiger partial charge in [0.05, 0.1) is 6.20 Å². The smallest absolute Gasteiger partial charge is 0.276 e. The van der Waals surface area contributed by atoms with Gasteiger partial charge in [-0.2, -0.15) is 0 Å². The van der Waals surface area contributed by atoms with Gasteiger partial charge in [0.2, 0.25) is 0 Å². The number of anilines is 1. The zero-order chi connectivity index (χ0) is 17.6. The molecule has 134 valence electrons. The Morgan fingerprint density at radius 2 is 2.08 bits per heavy atom. The van der Waals surface area contributed by atoms with Crippen LogP contribution in [0.4, 0.5) is 5.69 Å². The number of aromatic nitrogens is 4. The van der Waals surface area contributed by atoms with Crippen molar-refractivity contribution in [2.45, 2.75) is 32.4 Å². The van der Waals surface area contributed by atoms with Crippen LogP contribution in [-0.4, -0.2) is 63.0 Å². The molecular weight excluding hydrogens is 318 g/mol. The molecule has 3 heterocycles. The number of piperazine rings is 1. The number of carbonyl (C=O) groups excluding carboxylic acids is 1. The normalized spacial score (nSPS) is 17.8. The lowest BCUT2D eigenvalue weighted by Crippen LogP contribution is -2.54. The Hall–Kier alpha value is -2.48. The van der Waals surface area contributed by atoms with Crippen LogP contribution in [0.1, 0.15) is 30.3 Å². The number of hydrogen-bond donors (Lipinski definition) is 1. The van der Waals surface area contributed by atoms with Crippen molar-refractivity contribution in [3.63, 3.8) is 0 Å². The average molecular weight is 343 g/mol. The summed E-state index contributed by atoms with van der Waals surface area (Å²) in [5.74, 6) is -0.0491. The summed E-state index contributed by atoms with van der Waals surface area (Å²) in [5.41, 5.74) is 7.05. The second-order valence-electron chi connectivity index (χ2n) is 6.36. The molecule has 1 fully saturated rings. The SMILES string of the molecule is CC1CN(c2ccncc2)CCN1C(=O)c1cn(CCCCN)nn1. The number of aryl methyl sites for hydroxylation is 1. The highest BCUT2D eigenvalue weighted by molar-refractivity contribution is 5.92. The van der Waals surface area contributed by atoms with Gasteiger partial charge in [-0.05, 0) is 38.4 Å². The second kappa shape index (κ2) is 8.06. The van der Waals surface area contributed by atoms with Gasteiger partial charge in [0, 0.05) is 50.3 Å². The van der Waals surface area contributed by atoms with E-state index in [1.807, 2.05) is 17.0 Å². The molecule has 1 aliphatic rings. The molecule has 2 N–H and O–H groups in total. The van der Waals surface area contributed by atoms with Crippen molar-refractivity contribution < 1.29 is 4.79 Å². The highest BCUT2D eigenvalue weighted by atomic mass is 16.2. The molecule has 8 nitrogen and oxygen atoms in total. The summed E-state index contributed by atoms with van der Waals surface area (Å²) in [4.78, 5) is 21.0. The lowest BCUT2D eigenvalue weighted by Gasteiger charge is -2.40. The number of pyridine rings is 1. The summed E-state index contributed by atoms with van der Waals surface area (Å²) in [6.45, 7) is 5.73. The predicted octanol–water partition coefficient (Wildman–Crippen LogP) is 0.763. The van der Waals surface area contributed by atoms with Crippen LogP contribution in [0.5, 0.6) is 0 Å². The van der Waals surface area contributed by atoms with E-state index in [1.165, 1.54) is 0 Å². The fraction of sp³-hybridized carbons (Fsp3) is 0.529. The van der Waals surface area contributed by atoms with E-state index in [4.69, 9.17) is 5.73 Å². The Balaban J connectivity index is 1.60. The van der Waals surface area contributed by atoms with E-state index in [0.29, 0.717) is 18.8 Å². The van der Waals surface area contributed by atoms with Crippen molar-refractivity contribution in [1.82, 2.24) is 24.9 Å². The van der Waals surface area contributed by atoms with Crippen LogP contribution >= 0.6 is 0 Å². The second-order valence-corrected chi connectivity index (χ2v) is 6.36. The van der Waals surface area contributed by atoms with Crippen LogP contribution in [-0.2, 0) is 6.54 Å². The van der Waals surface area contributed by atoms with Gasteiger partial charge in [-0.3, -0.25) is 14.5 Å². The summed E-state index contributed by atoms with van der Waals surface area (Å²) >= 11 is 0. The molecule has 3 rings (SSSR count). The van der Waals surface area contributed by atoms with Crippen LogP contribution in [0.3, 0.4) is 0 Å². The quantitative estimate of drug-likeness (QED) is 0.779. The monoisotopic (exact) mass is 343 g/mol. The van der Waals surface area contributed by atoms with E-state index in [1.54, 1.807) is 23.3 Å². The Labute approximate surface area is 147 Å². The highest BCUT2D eigenvalue weighted by Gasteiger charge is 2.29. The molecule has 0 spiro atoms. The summed E-state index contributed by atoms with van der Waals surface area (Å²) < 4.78 is 1.72. The van der Waals surface area contributed by atoms with Crippen LogP contribution in [0, 0.1) is 0 Å². The molecular formula is C17H25N7O. The van der Waals surface area contributed by atoms with E-state index in [9.17, 15) is 4.79 Å². The molecule has 1 aliphatic heterocycles. The van der Waals surface area contributed by atoms with Crippen LogP contribution < -0.4 is 10.6 Å². The van der Waals surface area contributed by atoms with E-state index in [2.05, 4.69) is 27.1 Å². The zero-order valence-electron chi connectivity index (χ0n) is 14.6. The van der Waals surface area contributed by atoms with E-state index in [0.717, 1.165) is 38.2 Å². The first kappa shape index (κ1) is 17.3. The van der Waals surface area contributed by atoms with E-state index >= 15 is 0 Å². The van der Waals surface area contributed by atoms with Gasteiger partial charge in [0.1, 0.15) is 0 Å². The summed E-state index contributed by atoms with van der Waals surface area (Å²) in [6, 6.07) is 4.10. The molecule has 2 aromatic rings. The Kier molecular flexibility index (Phi) is 5.60. The maximum Gasteiger partial charge on any atom is 0.276 e. The summed E-state index contributed by atoms with van der Waals surface area (Å²) in [5, 5.41) is 8.10. The molecule has 1 saturated heterocycles. The first-order valence-corrected chi connectivity index (χ1v) is 8.75. The lowest BCUT2D eigenvalue weighted by molar-refractivity contribution is 0.0668. The Bertz CT molecular complexity index is 687. The third-order valence-electron chi connectivity index (χ3n) is 4.52. The minimum absolute atomic E-state index is 0.0491. The lowest BCUT2D eigenvalue weighted by atomic mass is 10.1. The average Bonchev–Trinajstić information content (AvgIpc) is 3.11. The minimum atomic E-state index is -0.0491. The van der Waals surface area contributed by atoms with Crippen molar-refractivity contribution in [2.75, 3.05) is 31.1 Å². The van der Waals surface area contributed by atoms with Crippen molar-refractivity contribution in [1.29, 1.82) is 0 Å². The minimum Gasteiger partial charge on any atom is -0.368 e. The number of hydrogen-bond acceptors (Lipinski definition) is 6. The molecule has 1 unspecified atom stereocenters. The zero-order valence-corrected chi connectivity index (χ0v) is 14.6. The maximum absolute atomic E-state index is 12.8. The molecule has 8 heteroatoms. The number of unbranched alkanes of at least 4 members (excludes halogenated alkanes) is 1. The third-order valence-corrected chi connectivity index (χ3v) is 4.52. The first-order chi connectivity index (χ1) is 12.2. The van der Waals surface area contributed by atoms with Crippen molar-refractivity contribution in [2.24, 2.45) is 5.73 Å². The van der Waals surface area contributed by atoms with Gasteiger partial charge in [-0.25, -0.2) is 0 Å². The molecule has 0 radical (unpaired) electrons. The van der Waals surface area contributed by atoms with Gasteiger partial charge in [0.25, 0.3) is 5.91 Å². The summed E-state index contributed by atoms with van der Waals surface area (Å²) in [6.07, 6.45) is 7.20. The van der Waals surface area contributed by atoms with Crippen molar-refractivity contribution in [3.05, 3.63) is 36.4 Å². The fourth-order valence-electron chi connectivity index (χ4n) is 3.12. The van der Waals surface area contributed by atoms with Gasteiger partial charge >= 0.3 is 0 Å². The Morgan fingerprint density at radius 1 is 1.28 bits per heavy atom. The largest absolute Gasteiger partial charge is 0.368 e. The number of nitrogens with two attached hydrogens (primary N) is 1. The molecule has 0 bridgehead atoms.